The minimum Gasteiger partial charge on any atom is -0.393 e. The SMILES string of the molecule is Cc1cc(Br)c(S(=O)(=O)N(C)CC(C)C(N)=S)cc1Br. The molecule has 1 aromatic carbocycles. The van der Waals surface area contributed by atoms with Crippen LogP contribution in [0, 0.1) is 12.8 Å². The van der Waals surface area contributed by atoms with Crippen LogP contribution in [0.1, 0.15) is 12.5 Å². The van der Waals surface area contributed by atoms with Gasteiger partial charge < -0.3 is 5.73 Å². The van der Waals surface area contributed by atoms with E-state index < -0.39 is 10.0 Å². The van der Waals surface area contributed by atoms with Crippen molar-refractivity contribution in [3.05, 3.63) is 26.6 Å². The summed E-state index contributed by atoms with van der Waals surface area (Å²) in [5, 5.41) is 0. The molecule has 1 unspecified atom stereocenters. The average molecular weight is 444 g/mol. The molecule has 0 aliphatic rings. The molecule has 0 aliphatic carbocycles. The summed E-state index contributed by atoms with van der Waals surface area (Å²) in [6, 6.07) is 3.36. The maximum atomic E-state index is 12.6. The van der Waals surface area contributed by atoms with Crippen LogP contribution in [0.4, 0.5) is 0 Å². The summed E-state index contributed by atoms with van der Waals surface area (Å²) in [6.45, 7) is 3.94. The molecule has 0 aromatic heterocycles. The van der Waals surface area contributed by atoms with Crippen molar-refractivity contribution < 1.29 is 8.42 Å². The molecule has 0 heterocycles. The first-order chi connectivity index (χ1) is 9.07. The number of thiocarbonyl (C=S) groups is 1. The topological polar surface area (TPSA) is 63.4 Å². The second-order valence-corrected chi connectivity index (χ2v) is 8.81. The number of hydrogen-bond acceptors (Lipinski definition) is 3. The Labute approximate surface area is 142 Å². The number of rotatable bonds is 5. The van der Waals surface area contributed by atoms with Crippen molar-refractivity contribution in [1.82, 2.24) is 4.31 Å². The van der Waals surface area contributed by atoms with Gasteiger partial charge >= 0.3 is 0 Å². The Kier molecular flexibility index (Phi) is 6.15. The molecule has 4 nitrogen and oxygen atoms in total. The summed E-state index contributed by atoms with van der Waals surface area (Å²) in [4.78, 5) is 0.517. The number of nitrogens with zero attached hydrogens (tertiary/aromatic N) is 1. The van der Waals surface area contributed by atoms with Crippen molar-refractivity contribution in [2.75, 3.05) is 13.6 Å². The van der Waals surface area contributed by atoms with E-state index in [4.69, 9.17) is 18.0 Å². The molecule has 0 aliphatic heterocycles. The zero-order chi connectivity index (χ0) is 15.7. The summed E-state index contributed by atoms with van der Waals surface area (Å²) in [7, 11) is -2.08. The fourth-order valence-corrected chi connectivity index (χ4v) is 4.54. The van der Waals surface area contributed by atoms with Gasteiger partial charge in [-0.3, -0.25) is 0 Å². The van der Waals surface area contributed by atoms with Gasteiger partial charge in [-0.2, -0.15) is 0 Å². The highest BCUT2D eigenvalue weighted by Gasteiger charge is 2.26. The molecular weight excluding hydrogens is 428 g/mol. The Morgan fingerprint density at radius 3 is 2.45 bits per heavy atom. The van der Waals surface area contributed by atoms with Crippen LogP contribution in [-0.2, 0) is 10.0 Å². The van der Waals surface area contributed by atoms with Crippen LogP contribution in [0.15, 0.2) is 26.0 Å². The number of aryl methyl sites for hydroxylation is 1. The highest BCUT2D eigenvalue weighted by atomic mass is 79.9. The number of sulfonamides is 1. The normalized spacial score (nSPS) is 13.5. The predicted molar refractivity (Wildman–Crippen MR) is 92.3 cm³/mol. The van der Waals surface area contributed by atoms with Gasteiger partial charge in [-0.25, -0.2) is 12.7 Å². The molecule has 20 heavy (non-hydrogen) atoms. The Hall–Kier alpha value is -0.0200. The lowest BCUT2D eigenvalue weighted by atomic mass is 10.2. The van der Waals surface area contributed by atoms with Crippen molar-refractivity contribution in [2.24, 2.45) is 11.7 Å². The molecule has 0 amide bonds. The largest absolute Gasteiger partial charge is 0.393 e. The van der Waals surface area contributed by atoms with E-state index in [0.29, 0.717) is 9.46 Å². The molecule has 0 fully saturated rings. The maximum Gasteiger partial charge on any atom is 0.244 e. The monoisotopic (exact) mass is 442 g/mol. The fraction of sp³-hybridized carbons (Fsp3) is 0.417. The summed E-state index contributed by atoms with van der Waals surface area (Å²) < 4.78 is 27.7. The van der Waals surface area contributed by atoms with Crippen molar-refractivity contribution >= 4 is 59.1 Å². The van der Waals surface area contributed by atoms with Crippen LogP contribution < -0.4 is 5.73 Å². The zero-order valence-electron chi connectivity index (χ0n) is 11.4. The molecular formula is C12H16Br2N2O2S2. The van der Waals surface area contributed by atoms with E-state index in [0.717, 1.165) is 10.0 Å². The lowest BCUT2D eigenvalue weighted by Gasteiger charge is -2.21. The van der Waals surface area contributed by atoms with Gasteiger partial charge in [0.15, 0.2) is 0 Å². The molecule has 1 rings (SSSR count). The predicted octanol–water partition coefficient (Wildman–Crippen LogP) is 3.06. The molecule has 0 spiro atoms. The number of halogens is 2. The summed E-state index contributed by atoms with van der Waals surface area (Å²) in [6.07, 6.45) is 0. The van der Waals surface area contributed by atoms with Crippen molar-refractivity contribution in [3.63, 3.8) is 0 Å². The van der Waals surface area contributed by atoms with Gasteiger partial charge in [0.25, 0.3) is 0 Å². The molecule has 0 saturated heterocycles. The molecule has 8 heteroatoms. The van der Waals surface area contributed by atoms with Gasteiger partial charge in [-0.15, -0.1) is 0 Å². The third-order valence-electron chi connectivity index (χ3n) is 2.92. The molecule has 1 aromatic rings. The van der Waals surface area contributed by atoms with E-state index in [1.54, 1.807) is 19.1 Å². The average Bonchev–Trinajstić information content (AvgIpc) is 2.33. The first-order valence-electron chi connectivity index (χ1n) is 5.78. The first kappa shape index (κ1) is 18.0. The van der Waals surface area contributed by atoms with E-state index in [2.05, 4.69) is 31.9 Å². The van der Waals surface area contributed by atoms with Gasteiger partial charge in [0, 0.05) is 28.5 Å². The van der Waals surface area contributed by atoms with E-state index >= 15 is 0 Å². The van der Waals surface area contributed by atoms with Crippen LogP contribution in [-0.4, -0.2) is 31.3 Å². The second-order valence-electron chi connectivity index (χ2n) is 4.62. The van der Waals surface area contributed by atoms with Crippen LogP contribution in [0.25, 0.3) is 0 Å². The number of benzene rings is 1. The van der Waals surface area contributed by atoms with E-state index in [9.17, 15) is 8.42 Å². The Balaban J connectivity index is 3.17. The van der Waals surface area contributed by atoms with Gasteiger partial charge in [0.05, 0.1) is 9.88 Å². The van der Waals surface area contributed by atoms with Crippen LogP contribution in [0.3, 0.4) is 0 Å². The Morgan fingerprint density at radius 1 is 1.40 bits per heavy atom. The second kappa shape index (κ2) is 6.83. The molecule has 112 valence electrons. The summed E-state index contributed by atoms with van der Waals surface area (Å²) >= 11 is 11.5. The fourth-order valence-electron chi connectivity index (χ4n) is 1.57. The van der Waals surface area contributed by atoms with Gasteiger partial charge in [-0.1, -0.05) is 35.1 Å². The highest BCUT2D eigenvalue weighted by Crippen LogP contribution is 2.30. The van der Waals surface area contributed by atoms with Crippen LogP contribution >= 0.6 is 44.1 Å². The van der Waals surface area contributed by atoms with Gasteiger partial charge in [0.2, 0.25) is 10.0 Å². The molecule has 0 saturated carbocycles. The lowest BCUT2D eigenvalue weighted by Crippen LogP contribution is -2.35. The third kappa shape index (κ3) is 4.00. The zero-order valence-corrected chi connectivity index (χ0v) is 16.2. The molecule has 2 N–H and O–H groups in total. The van der Waals surface area contributed by atoms with E-state index in [1.807, 2.05) is 6.92 Å². The van der Waals surface area contributed by atoms with E-state index in [-0.39, 0.29) is 17.4 Å². The Bertz CT molecular complexity index is 633. The summed E-state index contributed by atoms with van der Waals surface area (Å²) in [5.41, 5.74) is 6.49. The lowest BCUT2D eigenvalue weighted by molar-refractivity contribution is 0.445. The molecule has 0 radical (unpaired) electrons. The maximum absolute atomic E-state index is 12.6. The minimum atomic E-state index is -3.60. The van der Waals surface area contributed by atoms with Gasteiger partial charge in [0.1, 0.15) is 0 Å². The van der Waals surface area contributed by atoms with Gasteiger partial charge in [-0.05, 0) is 40.5 Å². The molecule has 1 atom stereocenters. The first-order valence-corrected chi connectivity index (χ1v) is 9.22. The van der Waals surface area contributed by atoms with E-state index in [1.165, 1.54) is 11.4 Å². The smallest absolute Gasteiger partial charge is 0.244 e. The van der Waals surface area contributed by atoms with Crippen molar-refractivity contribution in [2.45, 2.75) is 18.7 Å². The van der Waals surface area contributed by atoms with Crippen LogP contribution in [0.2, 0.25) is 0 Å². The third-order valence-corrected chi connectivity index (χ3v) is 6.96. The Morgan fingerprint density at radius 2 is 1.95 bits per heavy atom. The molecule has 0 bridgehead atoms. The van der Waals surface area contributed by atoms with Crippen LogP contribution in [0.5, 0.6) is 0 Å². The quantitative estimate of drug-likeness (QED) is 0.710. The standard InChI is InChI=1S/C12H16Br2N2O2S2/c1-7-4-10(14)11(5-9(7)13)20(17,18)16(3)6-8(2)12(15)19/h4-5,8H,6H2,1-3H3,(H2,15,19). The van der Waals surface area contributed by atoms with Crippen molar-refractivity contribution in [1.29, 1.82) is 0 Å². The van der Waals surface area contributed by atoms with Crippen molar-refractivity contribution in [3.8, 4) is 0 Å². The minimum absolute atomic E-state index is 0.183. The number of nitrogens with two attached hydrogens (primary N) is 1. The highest BCUT2D eigenvalue weighted by molar-refractivity contribution is 9.11. The number of hydrogen-bond donors (Lipinski definition) is 1. The summed E-state index contributed by atoms with van der Waals surface area (Å²) in [5.74, 6) is -0.183.